The number of pyridine rings is 1. The summed E-state index contributed by atoms with van der Waals surface area (Å²) in [6, 6.07) is 13.1. The molecule has 96 valence electrons. The maximum absolute atomic E-state index is 11.8. The molecule has 0 aliphatic rings. The summed E-state index contributed by atoms with van der Waals surface area (Å²) >= 11 is 0. The lowest BCUT2D eigenvalue weighted by molar-refractivity contribution is 0.0950. The zero-order chi connectivity index (χ0) is 13.7. The van der Waals surface area contributed by atoms with E-state index in [1.165, 1.54) is 0 Å². The fraction of sp³-hybridized carbons (Fsp3) is 0.133. The highest BCUT2D eigenvalue weighted by Crippen LogP contribution is 2.07. The molecule has 0 unspecified atom stereocenters. The number of amides is 1. The van der Waals surface area contributed by atoms with Crippen molar-refractivity contribution in [1.29, 1.82) is 0 Å². The first-order chi connectivity index (χ1) is 9.18. The number of benzene rings is 1. The molecule has 2 rings (SSSR count). The highest BCUT2D eigenvalue weighted by atomic mass is 16.2. The van der Waals surface area contributed by atoms with Gasteiger partial charge in [0, 0.05) is 11.8 Å². The van der Waals surface area contributed by atoms with Crippen molar-refractivity contribution in [1.82, 2.24) is 10.4 Å². The maximum Gasteiger partial charge on any atom is 0.289 e. The minimum Gasteiger partial charge on any atom is -0.266 e. The Morgan fingerprint density at radius 1 is 1.16 bits per heavy atom. The van der Waals surface area contributed by atoms with E-state index in [-0.39, 0.29) is 5.91 Å². The number of hydrogen-bond acceptors (Lipinski definition) is 3. The van der Waals surface area contributed by atoms with Crippen LogP contribution in [0.1, 0.15) is 28.5 Å². The highest BCUT2D eigenvalue weighted by Gasteiger charge is 2.05. The van der Waals surface area contributed by atoms with Gasteiger partial charge in [-0.15, -0.1) is 0 Å². The Kier molecular flexibility index (Phi) is 4.03. The molecular weight excluding hydrogens is 238 g/mol. The van der Waals surface area contributed by atoms with Crippen LogP contribution in [0.15, 0.2) is 53.8 Å². The minimum absolute atomic E-state index is 0.312. The third-order valence-electron chi connectivity index (χ3n) is 2.76. The van der Waals surface area contributed by atoms with E-state index in [0.29, 0.717) is 5.69 Å². The van der Waals surface area contributed by atoms with E-state index in [2.05, 4.69) is 15.5 Å². The summed E-state index contributed by atoms with van der Waals surface area (Å²) in [7, 11) is 0. The summed E-state index contributed by atoms with van der Waals surface area (Å²) in [6.45, 7) is 3.87. The van der Waals surface area contributed by atoms with Crippen LogP contribution in [0.5, 0.6) is 0 Å². The molecule has 0 aliphatic heterocycles. The van der Waals surface area contributed by atoms with E-state index in [0.717, 1.165) is 16.8 Å². The Morgan fingerprint density at radius 2 is 1.89 bits per heavy atom. The summed E-state index contributed by atoms with van der Waals surface area (Å²) in [6.07, 6.45) is 1.58. The number of carbonyl (C=O) groups is 1. The lowest BCUT2D eigenvalue weighted by Gasteiger charge is -2.05. The Balaban J connectivity index is 2.11. The second kappa shape index (κ2) is 5.91. The average Bonchev–Trinajstić information content (AvgIpc) is 2.46. The van der Waals surface area contributed by atoms with Crippen LogP contribution < -0.4 is 5.43 Å². The SMILES string of the molecule is C/C(=N/NC(=O)c1ccccn1)c1ccccc1C. The van der Waals surface area contributed by atoms with E-state index < -0.39 is 0 Å². The van der Waals surface area contributed by atoms with Gasteiger partial charge in [-0.3, -0.25) is 9.78 Å². The quantitative estimate of drug-likeness (QED) is 0.675. The second-order valence-corrected chi connectivity index (χ2v) is 4.17. The predicted molar refractivity (Wildman–Crippen MR) is 75.1 cm³/mol. The third-order valence-corrected chi connectivity index (χ3v) is 2.76. The molecule has 1 heterocycles. The van der Waals surface area contributed by atoms with Gasteiger partial charge in [-0.05, 0) is 31.5 Å². The molecule has 0 saturated carbocycles. The summed E-state index contributed by atoms with van der Waals surface area (Å²) in [5.74, 6) is -0.312. The monoisotopic (exact) mass is 253 g/mol. The number of aryl methyl sites for hydroxylation is 1. The van der Waals surface area contributed by atoms with Crippen molar-refractivity contribution in [2.75, 3.05) is 0 Å². The number of nitrogens with one attached hydrogen (secondary N) is 1. The van der Waals surface area contributed by atoms with Gasteiger partial charge in [0.25, 0.3) is 5.91 Å². The van der Waals surface area contributed by atoms with E-state index in [1.807, 2.05) is 38.1 Å². The summed E-state index contributed by atoms with van der Waals surface area (Å²) in [4.78, 5) is 15.8. The molecule has 0 saturated heterocycles. The number of carbonyl (C=O) groups excluding carboxylic acids is 1. The highest BCUT2D eigenvalue weighted by molar-refractivity contribution is 6.01. The van der Waals surface area contributed by atoms with Crippen LogP contribution in [0, 0.1) is 6.92 Å². The van der Waals surface area contributed by atoms with Gasteiger partial charge in [0.05, 0.1) is 5.71 Å². The Morgan fingerprint density at radius 3 is 2.58 bits per heavy atom. The topological polar surface area (TPSA) is 54.4 Å². The first-order valence-electron chi connectivity index (χ1n) is 6.00. The fourth-order valence-electron chi connectivity index (χ4n) is 1.73. The van der Waals surface area contributed by atoms with Gasteiger partial charge in [0.2, 0.25) is 0 Å². The molecule has 0 fully saturated rings. The Hall–Kier alpha value is -2.49. The van der Waals surface area contributed by atoms with Gasteiger partial charge in [-0.2, -0.15) is 5.10 Å². The van der Waals surface area contributed by atoms with E-state index in [4.69, 9.17) is 0 Å². The number of hydrazone groups is 1. The lowest BCUT2D eigenvalue weighted by atomic mass is 10.1. The van der Waals surface area contributed by atoms with Gasteiger partial charge in [-0.25, -0.2) is 5.43 Å². The molecule has 0 spiro atoms. The fourth-order valence-corrected chi connectivity index (χ4v) is 1.73. The number of hydrogen-bond donors (Lipinski definition) is 1. The lowest BCUT2D eigenvalue weighted by Crippen LogP contribution is -2.20. The van der Waals surface area contributed by atoms with Gasteiger partial charge >= 0.3 is 0 Å². The van der Waals surface area contributed by atoms with Crippen LogP contribution in [-0.2, 0) is 0 Å². The summed E-state index contributed by atoms with van der Waals surface area (Å²) < 4.78 is 0. The Labute approximate surface area is 112 Å². The smallest absolute Gasteiger partial charge is 0.266 e. The molecule has 1 amide bonds. The van der Waals surface area contributed by atoms with Crippen molar-refractivity contribution in [3.8, 4) is 0 Å². The third kappa shape index (κ3) is 3.25. The minimum atomic E-state index is -0.312. The van der Waals surface area contributed by atoms with Crippen molar-refractivity contribution < 1.29 is 4.79 Å². The van der Waals surface area contributed by atoms with Crippen LogP contribution in [-0.4, -0.2) is 16.6 Å². The van der Waals surface area contributed by atoms with Crippen molar-refractivity contribution in [3.63, 3.8) is 0 Å². The van der Waals surface area contributed by atoms with Crippen molar-refractivity contribution in [3.05, 3.63) is 65.5 Å². The zero-order valence-corrected chi connectivity index (χ0v) is 10.9. The van der Waals surface area contributed by atoms with Crippen LogP contribution in [0.3, 0.4) is 0 Å². The van der Waals surface area contributed by atoms with Crippen LogP contribution in [0.2, 0.25) is 0 Å². The average molecular weight is 253 g/mol. The van der Waals surface area contributed by atoms with Crippen molar-refractivity contribution in [2.24, 2.45) is 5.10 Å². The van der Waals surface area contributed by atoms with Gasteiger partial charge in [0.15, 0.2) is 0 Å². The molecular formula is C15H15N3O. The van der Waals surface area contributed by atoms with Gasteiger partial charge in [0.1, 0.15) is 5.69 Å². The first kappa shape index (κ1) is 13.0. The second-order valence-electron chi connectivity index (χ2n) is 4.17. The van der Waals surface area contributed by atoms with Crippen LogP contribution >= 0.6 is 0 Å². The number of nitrogens with zero attached hydrogens (tertiary/aromatic N) is 2. The normalized spacial score (nSPS) is 11.2. The first-order valence-corrected chi connectivity index (χ1v) is 6.00. The molecule has 0 bridgehead atoms. The molecule has 1 N–H and O–H groups in total. The van der Waals surface area contributed by atoms with Gasteiger partial charge in [-0.1, -0.05) is 30.3 Å². The molecule has 4 heteroatoms. The molecule has 0 radical (unpaired) electrons. The number of aromatic nitrogens is 1. The van der Waals surface area contributed by atoms with E-state index in [1.54, 1.807) is 24.4 Å². The molecule has 2 aromatic rings. The predicted octanol–water partition coefficient (Wildman–Crippen LogP) is 2.54. The molecule has 0 aliphatic carbocycles. The maximum atomic E-state index is 11.8. The summed E-state index contributed by atoms with van der Waals surface area (Å²) in [5.41, 5.74) is 5.77. The molecule has 19 heavy (non-hydrogen) atoms. The summed E-state index contributed by atoms with van der Waals surface area (Å²) in [5, 5.41) is 4.11. The van der Waals surface area contributed by atoms with Crippen molar-refractivity contribution >= 4 is 11.6 Å². The van der Waals surface area contributed by atoms with E-state index >= 15 is 0 Å². The number of rotatable bonds is 3. The molecule has 0 atom stereocenters. The van der Waals surface area contributed by atoms with Crippen molar-refractivity contribution in [2.45, 2.75) is 13.8 Å². The van der Waals surface area contributed by atoms with Gasteiger partial charge < -0.3 is 0 Å². The standard InChI is InChI=1S/C15H15N3O/c1-11-7-3-4-8-13(11)12(2)17-18-15(19)14-9-5-6-10-16-14/h3-10H,1-2H3,(H,18,19)/b17-12-. The van der Waals surface area contributed by atoms with Crippen LogP contribution in [0.25, 0.3) is 0 Å². The molecule has 1 aromatic carbocycles. The molecule has 1 aromatic heterocycles. The van der Waals surface area contributed by atoms with E-state index in [9.17, 15) is 4.79 Å². The molecule has 4 nitrogen and oxygen atoms in total. The largest absolute Gasteiger partial charge is 0.289 e. The zero-order valence-electron chi connectivity index (χ0n) is 10.9. The van der Waals surface area contributed by atoms with Crippen LogP contribution in [0.4, 0.5) is 0 Å². The Bertz CT molecular complexity index is 606.